The normalized spacial score (nSPS) is 10.9. The van der Waals surface area contributed by atoms with Crippen LogP contribution >= 0.6 is 11.3 Å². The van der Waals surface area contributed by atoms with E-state index in [1.165, 1.54) is 17.4 Å². The van der Waals surface area contributed by atoms with Crippen molar-refractivity contribution in [1.82, 2.24) is 0 Å². The van der Waals surface area contributed by atoms with E-state index in [9.17, 15) is 4.39 Å². The van der Waals surface area contributed by atoms with Crippen LogP contribution in [0.3, 0.4) is 0 Å². The Hall–Kier alpha value is -1.26. The lowest BCUT2D eigenvalue weighted by Crippen LogP contribution is -2.02. The van der Waals surface area contributed by atoms with Gasteiger partial charge >= 0.3 is 0 Å². The highest BCUT2D eigenvalue weighted by Crippen LogP contribution is 2.28. The van der Waals surface area contributed by atoms with Gasteiger partial charge in [0.2, 0.25) is 0 Å². The number of methoxy groups -OCH3 is 1. The highest BCUT2D eigenvalue weighted by atomic mass is 32.1. The first-order chi connectivity index (χ1) is 7.74. The molecule has 2 rings (SSSR count). The van der Waals surface area contributed by atoms with Gasteiger partial charge in [0.1, 0.15) is 5.82 Å². The second-order valence-corrected chi connectivity index (χ2v) is 4.37. The topological polar surface area (TPSA) is 33.1 Å². The summed E-state index contributed by atoms with van der Waals surface area (Å²) in [6, 6.07) is 4.98. The van der Waals surface area contributed by atoms with Crippen LogP contribution in [-0.4, -0.2) is 19.4 Å². The summed E-state index contributed by atoms with van der Waals surface area (Å²) in [6.45, 7) is 0.519. The Morgan fingerprint density at radius 2 is 2.31 bits per heavy atom. The third kappa shape index (κ3) is 1.99. The Labute approximate surface area is 97.2 Å². The van der Waals surface area contributed by atoms with Crippen molar-refractivity contribution >= 4 is 27.1 Å². The van der Waals surface area contributed by atoms with E-state index in [-0.39, 0.29) is 5.82 Å². The van der Waals surface area contributed by atoms with E-state index >= 15 is 0 Å². The molecule has 1 N–H and O–H groups in total. The zero-order chi connectivity index (χ0) is 11.5. The van der Waals surface area contributed by atoms with Gasteiger partial charge in [-0.1, -0.05) is 12.1 Å². The van der Waals surface area contributed by atoms with Gasteiger partial charge in [-0.3, -0.25) is 0 Å². The average molecular weight is 237 g/mol. The second kappa shape index (κ2) is 4.72. The predicted octanol–water partition coefficient (Wildman–Crippen LogP) is 3.44. The van der Waals surface area contributed by atoms with Crippen LogP contribution in [0.15, 0.2) is 23.6 Å². The van der Waals surface area contributed by atoms with E-state index in [1.807, 2.05) is 11.4 Å². The van der Waals surface area contributed by atoms with Crippen LogP contribution in [0.1, 0.15) is 12.0 Å². The third-order valence-electron chi connectivity index (χ3n) is 2.43. The van der Waals surface area contributed by atoms with Crippen LogP contribution in [0.4, 0.5) is 4.39 Å². The summed E-state index contributed by atoms with van der Waals surface area (Å²) in [7, 11) is 1.61. The summed E-state index contributed by atoms with van der Waals surface area (Å²) in [4.78, 5) is 0. The molecule has 0 aliphatic carbocycles. The molecule has 4 heteroatoms. The van der Waals surface area contributed by atoms with Crippen molar-refractivity contribution in [2.24, 2.45) is 0 Å². The Bertz CT molecular complexity index is 521. The van der Waals surface area contributed by atoms with Crippen LogP contribution in [0, 0.1) is 11.2 Å². The molecular formula is C12H12FNOS. The lowest BCUT2D eigenvalue weighted by atomic mass is 10.1. The monoisotopic (exact) mass is 237 g/mol. The van der Waals surface area contributed by atoms with Crippen molar-refractivity contribution < 1.29 is 9.13 Å². The standard InChI is InChI=1S/C12H12FNOS/c1-15-6-5-11(14)9-7-16-12-8(9)3-2-4-10(12)13/h2-4,7,14H,5-6H2,1H3. The number of hydrogen-bond acceptors (Lipinski definition) is 3. The number of rotatable bonds is 4. The Kier molecular flexibility index (Phi) is 3.31. The maximum atomic E-state index is 13.4. The zero-order valence-corrected chi connectivity index (χ0v) is 9.73. The molecule has 1 aromatic heterocycles. The van der Waals surface area contributed by atoms with E-state index in [0.717, 1.165) is 10.9 Å². The highest BCUT2D eigenvalue weighted by Gasteiger charge is 2.11. The SMILES string of the molecule is COCCC(=N)c1csc2c(F)cccc12. The molecule has 0 saturated heterocycles. The molecule has 0 aliphatic rings. The molecule has 84 valence electrons. The smallest absolute Gasteiger partial charge is 0.141 e. The molecule has 1 heterocycles. The molecule has 0 fully saturated rings. The van der Waals surface area contributed by atoms with Crippen LogP contribution in [-0.2, 0) is 4.74 Å². The van der Waals surface area contributed by atoms with Gasteiger partial charge in [0.05, 0.1) is 11.3 Å². The summed E-state index contributed by atoms with van der Waals surface area (Å²) >= 11 is 1.35. The van der Waals surface area contributed by atoms with E-state index < -0.39 is 0 Å². The molecule has 0 atom stereocenters. The number of halogens is 1. The Balaban J connectivity index is 2.38. The second-order valence-electron chi connectivity index (χ2n) is 3.49. The Morgan fingerprint density at radius 3 is 3.06 bits per heavy atom. The summed E-state index contributed by atoms with van der Waals surface area (Å²) < 4.78 is 19.0. The first-order valence-electron chi connectivity index (χ1n) is 4.96. The molecule has 0 saturated carbocycles. The first-order valence-corrected chi connectivity index (χ1v) is 5.84. The number of hydrogen-bond donors (Lipinski definition) is 1. The average Bonchev–Trinajstić information content (AvgIpc) is 2.71. The molecule has 2 nitrogen and oxygen atoms in total. The summed E-state index contributed by atoms with van der Waals surface area (Å²) in [5.41, 5.74) is 1.32. The third-order valence-corrected chi connectivity index (χ3v) is 3.44. The van der Waals surface area contributed by atoms with Crippen molar-refractivity contribution in [3.8, 4) is 0 Å². The van der Waals surface area contributed by atoms with Gasteiger partial charge in [-0.05, 0) is 6.07 Å². The first kappa shape index (κ1) is 11.2. The zero-order valence-electron chi connectivity index (χ0n) is 8.92. The van der Waals surface area contributed by atoms with Crippen LogP contribution in [0.25, 0.3) is 10.1 Å². The molecular weight excluding hydrogens is 225 g/mol. The molecule has 1 aromatic carbocycles. The largest absolute Gasteiger partial charge is 0.384 e. The van der Waals surface area contributed by atoms with Gasteiger partial charge in [0, 0.05) is 35.6 Å². The number of nitrogens with one attached hydrogen (secondary N) is 1. The predicted molar refractivity (Wildman–Crippen MR) is 65.1 cm³/mol. The molecule has 0 amide bonds. The molecule has 0 radical (unpaired) electrons. The summed E-state index contributed by atoms with van der Waals surface area (Å²) in [6.07, 6.45) is 0.554. The quantitative estimate of drug-likeness (QED) is 0.812. The fraction of sp³-hybridized carbons (Fsp3) is 0.250. The minimum absolute atomic E-state index is 0.215. The molecule has 2 aromatic rings. The van der Waals surface area contributed by atoms with E-state index in [4.69, 9.17) is 10.1 Å². The van der Waals surface area contributed by atoms with Crippen molar-refractivity contribution in [2.75, 3.05) is 13.7 Å². The fourth-order valence-corrected chi connectivity index (χ4v) is 2.59. The lowest BCUT2D eigenvalue weighted by molar-refractivity contribution is 0.207. The molecule has 0 aliphatic heterocycles. The van der Waals surface area contributed by atoms with Gasteiger partial charge in [0.25, 0.3) is 0 Å². The lowest BCUT2D eigenvalue weighted by Gasteiger charge is -2.01. The van der Waals surface area contributed by atoms with Gasteiger partial charge in [-0.25, -0.2) is 4.39 Å². The highest BCUT2D eigenvalue weighted by molar-refractivity contribution is 7.17. The van der Waals surface area contributed by atoms with Crippen molar-refractivity contribution in [1.29, 1.82) is 5.41 Å². The minimum atomic E-state index is -0.215. The Morgan fingerprint density at radius 1 is 1.50 bits per heavy atom. The van der Waals surface area contributed by atoms with Gasteiger partial charge < -0.3 is 10.1 Å². The maximum absolute atomic E-state index is 13.4. The van der Waals surface area contributed by atoms with Gasteiger partial charge in [0.15, 0.2) is 0 Å². The summed E-state index contributed by atoms with van der Waals surface area (Å²) in [5, 5.41) is 10.6. The molecule has 0 bridgehead atoms. The molecule has 0 spiro atoms. The number of fused-ring (bicyclic) bond motifs is 1. The summed E-state index contributed by atoms with van der Waals surface area (Å²) in [5.74, 6) is -0.215. The molecule has 16 heavy (non-hydrogen) atoms. The van der Waals surface area contributed by atoms with Crippen LogP contribution < -0.4 is 0 Å². The fourth-order valence-electron chi connectivity index (χ4n) is 1.59. The molecule has 0 unspecified atom stereocenters. The van der Waals surface area contributed by atoms with E-state index in [1.54, 1.807) is 13.2 Å². The van der Waals surface area contributed by atoms with Crippen LogP contribution in [0.5, 0.6) is 0 Å². The van der Waals surface area contributed by atoms with Crippen molar-refractivity contribution in [3.05, 3.63) is 35.0 Å². The number of thiophene rings is 1. The minimum Gasteiger partial charge on any atom is -0.384 e. The van der Waals surface area contributed by atoms with Gasteiger partial charge in [-0.2, -0.15) is 0 Å². The van der Waals surface area contributed by atoms with Crippen LogP contribution in [0.2, 0.25) is 0 Å². The van der Waals surface area contributed by atoms with E-state index in [0.29, 0.717) is 23.4 Å². The van der Waals surface area contributed by atoms with E-state index in [2.05, 4.69) is 0 Å². The van der Waals surface area contributed by atoms with Crippen molar-refractivity contribution in [2.45, 2.75) is 6.42 Å². The van der Waals surface area contributed by atoms with Crippen molar-refractivity contribution in [3.63, 3.8) is 0 Å². The van der Waals surface area contributed by atoms with Gasteiger partial charge in [-0.15, -0.1) is 11.3 Å². The number of ether oxygens (including phenoxy) is 1. The maximum Gasteiger partial charge on any atom is 0.141 e. The number of benzene rings is 1.